The van der Waals surface area contributed by atoms with E-state index < -0.39 is 0 Å². The van der Waals surface area contributed by atoms with Crippen LogP contribution in [0.1, 0.15) is 49.4 Å². The highest BCUT2D eigenvalue weighted by Gasteiger charge is 2.30. The van der Waals surface area contributed by atoms with Gasteiger partial charge in [-0.3, -0.25) is 4.79 Å². The van der Waals surface area contributed by atoms with E-state index in [1.807, 2.05) is 0 Å². The molecule has 1 aromatic carbocycles. The number of amides is 1. The molecule has 112 valence electrons. The fourth-order valence-electron chi connectivity index (χ4n) is 3.61. The predicted molar refractivity (Wildman–Crippen MR) is 84.6 cm³/mol. The summed E-state index contributed by atoms with van der Waals surface area (Å²) in [5.41, 5.74) is 8.42. The highest BCUT2D eigenvalue weighted by molar-refractivity contribution is 5.82. The maximum Gasteiger partial charge on any atom is 0.216 e. The minimum Gasteiger partial charge on any atom is -0.490 e. The van der Waals surface area contributed by atoms with Crippen molar-refractivity contribution >= 4 is 11.5 Å². The molecule has 3 heteroatoms. The third-order valence-corrected chi connectivity index (χ3v) is 4.55. The third kappa shape index (κ3) is 2.45. The van der Waals surface area contributed by atoms with Crippen LogP contribution in [-0.2, 0) is 17.6 Å². The smallest absolute Gasteiger partial charge is 0.216 e. The van der Waals surface area contributed by atoms with E-state index in [1.54, 1.807) is 6.92 Å². The fourth-order valence-corrected chi connectivity index (χ4v) is 3.61. The van der Waals surface area contributed by atoms with E-state index in [-0.39, 0.29) is 12.0 Å². The number of ether oxygens (including phenoxy) is 1. The molecule has 0 saturated carbocycles. The molecule has 3 rings (SSSR count). The molecule has 1 unspecified atom stereocenters. The Balaban J connectivity index is 1.96. The molecule has 1 aliphatic heterocycles. The third-order valence-electron chi connectivity index (χ3n) is 4.55. The van der Waals surface area contributed by atoms with Gasteiger partial charge in [0.15, 0.2) is 0 Å². The van der Waals surface area contributed by atoms with Gasteiger partial charge >= 0.3 is 0 Å². The van der Waals surface area contributed by atoms with Crippen molar-refractivity contribution in [2.45, 2.75) is 53.1 Å². The summed E-state index contributed by atoms with van der Waals surface area (Å²) >= 11 is 0. The zero-order valence-electron chi connectivity index (χ0n) is 13.3. The van der Waals surface area contributed by atoms with Gasteiger partial charge in [-0.05, 0) is 61.9 Å². The summed E-state index contributed by atoms with van der Waals surface area (Å²) in [6, 6.07) is 2.20. The van der Waals surface area contributed by atoms with E-state index in [2.05, 4.69) is 32.2 Å². The number of fused-ring (bicyclic) bond motifs is 3. The molecule has 21 heavy (non-hydrogen) atoms. The van der Waals surface area contributed by atoms with Gasteiger partial charge in [0.2, 0.25) is 5.91 Å². The van der Waals surface area contributed by atoms with Crippen LogP contribution in [0.3, 0.4) is 0 Å². The molecule has 0 radical (unpaired) electrons. The standard InChI is InChI=1S/C18H23NO2/c1-10-7-15-11(2)8-17-16(9-12(3)21-17)18(15)14(10)5-6-19-13(4)20/h8,12H,5-7,9H2,1-4H3,(H,19,20). The molecule has 2 aliphatic rings. The predicted octanol–water partition coefficient (Wildman–Crippen LogP) is 3.17. The normalized spacial score (nSPS) is 19.3. The summed E-state index contributed by atoms with van der Waals surface area (Å²) < 4.78 is 5.95. The molecule has 3 nitrogen and oxygen atoms in total. The zero-order chi connectivity index (χ0) is 15.1. The van der Waals surface area contributed by atoms with Crippen molar-refractivity contribution in [3.63, 3.8) is 0 Å². The largest absolute Gasteiger partial charge is 0.490 e. The molecule has 1 heterocycles. The van der Waals surface area contributed by atoms with Crippen molar-refractivity contribution in [3.8, 4) is 5.75 Å². The van der Waals surface area contributed by atoms with E-state index in [0.29, 0.717) is 6.54 Å². The molecule has 1 aromatic rings. The summed E-state index contributed by atoms with van der Waals surface area (Å²) in [7, 11) is 0. The second-order valence-corrected chi connectivity index (χ2v) is 6.32. The Morgan fingerprint density at radius 1 is 1.38 bits per heavy atom. The van der Waals surface area contributed by atoms with Crippen molar-refractivity contribution in [2.75, 3.05) is 6.54 Å². The second kappa shape index (κ2) is 5.21. The van der Waals surface area contributed by atoms with Gasteiger partial charge in [-0.2, -0.15) is 0 Å². The molecular formula is C18H23NO2. The molecule has 1 atom stereocenters. The van der Waals surface area contributed by atoms with Gasteiger partial charge < -0.3 is 10.1 Å². The molecule has 1 aliphatic carbocycles. The number of rotatable bonds is 3. The Hall–Kier alpha value is -1.77. The quantitative estimate of drug-likeness (QED) is 0.926. The Morgan fingerprint density at radius 2 is 2.14 bits per heavy atom. The second-order valence-electron chi connectivity index (χ2n) is 6.32. The maximum absolute atomic E-state index is 11.1. The first kappa shape index (κ1) is 14.2. The zero-order valence-corrected chi connectivity index (χ0v) is 13.3. The van der Waals surface area contributed by atoms with Crippen LogP contribution in [0, 0.1) is 6.92 Å². The maximum atomic E-state index is 11.1. The summed E-state index contributed by atoms with van der Waals surface area (Å²) in [6.45, 7) is 8.80. The van der Waals surface area contributed by atoms with Gasteiger partial charge in [0.05, 0.1) is 0 Å². The van der Waals surface area contributed by atoms with Crippen LogP contribution < -0.4 is 10.1 Å². The topological polar surface area (TPSA) is 38.3 Å². The molecular weight excluding hydrogens is 262 g/mol. The van der Waals surface area contributed by atoms with Crippen LogP contribution >= 0.6 is 0 Å². The number of benzene rings is 1. The lowest BCUT2D eigenvalue weighted by Crippen LogP contribution is -2.21. The molecule has 0 saturated heterocycles. The first-order valence-corrected chi connectivity index (χ1v) is 7.72. The molecule has 0 fully saturated rings. The van der Waals surface area contributed by atoms with E-state index in [1.165, 1.54) is 33.4 Å². The fraction of sp³-hybridized carbons (Fsp3) is 0.500. The molecule has 0 spiro atoms. The lowest BCUT2D eigenvalue weighted by molar-refractivity contribution is -0.118. The van der Waals surface area contributed by atoms with Crippen molar-refractivity contribution in [1.29, 1.82) is 0 Å². The number of carbonyl (C=O) groups is 1. The van der Waals surface area contributed by atoms with E-state index in [0.717, 1.165) is 25.0 Å². The van der Waals surface area contributed by atoms with Gasteiger partial charge in [-0.1, -0.05) is 5.57 Å². The minimum atomic E-state index is 0.0397. The molecule has 1 N–H and O–H groups in total. The number of carbonyl (C=O) groups excluding carboxylic acids is 1. The van der Waals surface area contributed by atoms with Crippen molar-refractivity contribution in [3.05, 3.63) is 33.9 Å². The summed E-state index contributed by atoms with van der Waals surface area (Å²) in [6.07, 6.45) is 3.21. The number of hydrogen-bond acceptors (Lipinski definition) is 2. The van der Waals surface area contributed by atoms with Crippen molar-refractivity contribution in [2.24, 2.45) is 0 Å². The number of hydrogen-bond donors (Lipinski definition) is 1. The summed E-state index contributed by atoms with van der Waals surface area (Å²) in [5.74, 6) is 1.10. The van der Waals surface area contributed by atoms with E-state index in [9.17, 15) is 4.79 Å². The Morgan fingerprint density at radius 3 is 2.86 bits per heavy atom. The summed E-state index contributed by atoms with van der Waals surface area (Å²) in [4.78, 5) is 11.1. The van der Waals surface area contributed by atoms with Gasteiger partial charge in [0, 0.05) is 25.5 Å². The first-order chi connectivity index (χ1) is 9.97. The van der Waals surface area contributed by atoms with Crippen LogP contribution in [0.25, 0.3) is 5.57 Å². The highest BCUT2D eigenvalue weighted by atomic mass is 16.5. The van der Waals surface area contributed by atoms with Crippen LogP contribution in [0.2, 0.25) is 0 Å². The lowest BCUT2D eigenvalue weighted by Gasteiger charge is -2.13. The van der Waals surface area contributed by atoms with Gasteiger partial charge in [-0.25, -0.2) is 0 Å². The highest BCUT2D eigenvalue weighted by Crippen LogP contribution is 2.45. The monoisotopic (exact) mass is 285 g/mol. The molecule has 1 amide bonds. The Labute approximate surface area is 126 Å². The van der Waals surface area contributed by atoms with Crippen LogP contribution in [0.4, 0.5) is 0 Å². The van der Waals surface area contributed by atoms with Gasteiger partial charge in [-0.15, -0.1) is 0 Å². The average molecular weight is 285 g/mol. The number of nitrogens with one attached hydrogen (secondary N) is 1. The van der Waals surface area contributed by atoms with Crippen molar-refractivity contribution in [1.82, 2.24) is 5.32 Å². The molecule has 0 bridgehead atoms. The first-order valence-electron chi connectivity index (χ1n) is 7.72. The van der Waals surface area contributed by atoms with Crippen LogP contribution in [0.5, 0.6) is 5.75 Å². The average Bonchev–Trinajstić information content (AvgIpc) is 2.90. The van der Waals surface area contributed by atoms with E-state index in [4.69, 9.17) is 4.74 Å². The van der Waals surface area contributed by atoms with Gasteiger partial charge in [0.25, 0.3) is 0 Å². The van der Waals surface area contributed by atoms with Crippen LogP contribution in [-0.4, -0.2) is 18.6 Å². The van der Waals surface area contributed by atoms with Crippen molar-refractivity contribution < 1.29 is 9.53 Å². The SMILES string of the molecule is CC(=O)NCCC1=C(C)Cc2c(C)cc3c(c21)CC(C)O3. The Bertz CT molecular complexity index is 643. The number of aryl methyl sites for hydroxylation is 1. The van der Waals surface area contributed by atoms with E-state index >= 15 is 0 Å². The van der Waals surface area contributed by atoms with Crippen LogP contribution in [0.15, 0.2) is 11.6 Å². The lowest BCUT2D eigenvalue weighted by atomic mass is 9.92. The van der Waals surface area contributed by atoms with Gasteiger partial charge in [0.1, 0.15) is 11.9 Å². The molecule has 0 aromatic heterocycles. The summed E-state index contributed by atoms with van der Waals surface area (Å²) in [5, 5.41) is 2.91. The minimum absolute atomic E-state index is 0.0397. The Kier molecular flexibility index (Phi) is 3.52. The number of allylic oxidation sites excluding steroid dienone is 1.